The molecule has 0 heterocycles. The summed E-state index contributed by atoms with van der Waals surface area (Å²) in [5, 5.41) is 16.6. The van der Waals surface area contributed by atoms with Crippen LogP contribution in [0.15, 0.2) is 0 Å². The van der Waals surface area contributed by atoms with E-state index < -0.39 is 47.5 Å². The summed E-state index contributed by atoms with van der Waals surface area (Å²) in [5.74, 6) is -3.68. The number of carboxylic acid groups (broad SMARTS) is 2. The zero-order valence-corrected chi connectivity index (χ0v) is 7.45. The van der Waals surface area contributed by atoms with Crippen LogP contribution in [-0.4, -0.2) is 36.7 Å². The Morgan fingerprint density at radius 1 is 1.23 bits per heavy atom. The Kier molecular flexibility index (Phi) is 5.24. The van der Waals surface area contributed by atoms with Crippen molar-refractivity contribution in [3.63, 3.8) is 0 Å². The molecule has 0 amide bonds. The van der Waals surface area contributed by atoms with Crippen LogP contribution < -0.4 is 0 Å². The molecule has 0 aromatic heterocycles. The summed E-state index contributed by atoms with van der Waals surface area (Å²) in [5.41, 5.74) is 0. The van der Waals surface area contributed by atoms with Crippen LogP contribution in [0.2, 0.25) is 0 Å². The molecule has 0 aromatic rings. The lowest BCUT2D eigenvalue weighted by atomic mass is 10.0. The highest BCUT2D eigenvalue weighted by atomic mass is 32.2. The molecule has 0 bridgehead atoms. The van der Waals surface area contributed by atoms with Crippen molar-refractivity contribution < 1.29 is 28.6 Å². The van der Waals surface area contributed by atoms with Gasteiger partial charge in [0.05, 0.1) is 0 Å². The molecule has 0 saturated carbocycles. The molecular formula is C6H9O6S-. The first-order valence-electron chi connectivity index (χ1n) is 3.41. The maximum Gasteiger partial charge on any atom is 0.303 e. The van der Waals surface area contributed by atoms with Crippen molar-refractivity contribution in [3.8, 4) is 0 Å². The van der Waals surface area contributed by atoms with Crippen molar-refractivity contribution in [2.45, 2.75) is 12.8 Å². The Hall–Kier alpha value is -0.950. The molecule has 1 unspecified atom stereocenters. The van der Waals surface area contributed by atoms with Crippen molar-refractivity contribution in [2.24, 2.45) is 5.92 Å². The van der Waals surface area contributed by atoms with Crippen LogP contribution in [0.3, 0.4) is 0 Å². The van der Waals surface area contributed by atoms with E-state index >= 15 is 0 Å². The van der Waals surface area contributed by atoms with Gasteiger partial charge in [-0.15, -0.1) is 0 Å². The van der Waals surface area contributed by atoms with Gasteiger partial charge in [-0.05, 0) is 5.92 Å². The molecule has 0 spiro atoms. The summed E-state index contributed by atoms with van der Waals surface area (Å²) in [7, 11) is 0. The lowest BCUT2D eigenvalue weighted by molar-refractivity contribution is -0.140. The molecule has 0 aliphatic rings. The Labute approximate surface area is 76.9 Å². The number of aliphatic carboxylic acids is 2. The largest absolute Gasteiger partial charge is 0.772 e. The van der Waals surface area contributed by atoms with Crippen LogP contribution in [0, 0.1) is 5.92 Å². The van der Waals surface area contributed by atoms with Gasteiger partial charge in [-0.1, -0.05) is 11.1 Å². The fourth-order valence-corrected chi connectivity index (χ4v) is 1.50. The molecule has 7 heteroatoms. The van der Waals surface area contributed by atoms with Crippen molar-refractivity contribution in [2.75, 3.05) is 5.75 Å². The SMILES string of the molecule is O=C(O)CC(CC(=O)O)CS(=O)[O-]. The topological polar surface area (TPSA) is 115 Å². The predicted molar refractivity (Wildman–Crippen MR) is 41.8 cm³/mol. The van der Waals surface area contributed by atoms with Gasteiger partial charge in [0, 0.05) is 18.6 Å². The van der Waals surface area contributed by atoms with Crippen molar-refractivity contribution in [3.05, 3.63) is 0 Å². The average molecular weight is 209 g/mol. The van der Waals surface area contributed by atoms with Crippen LogP contribution in [0.4, 0.5) is 0 Å². The normalized spacial score (nSPS) is 12.8. The lowest BCUT2D eigenvalue weighted by Gasteiger charge is -2.13. The average Bonchev–Trinajstić information content (AvgIpc) is 1.80. The van der Waals surface area contributed by atoms with Crippen LogP contribution in [-0.2, 0) is 20.7 Å². The monoisotopic (exact) mass is 209 g/mol. The van der Waals surface area contributed by atoms with Crippen LogP contribution >= 0.6 is 0 Å². The molecule has 6 nitrogen and oxygen atoms in total. The molecule has 0 fully saturated rings. The minimum absolute atomic E-state index is 0.432. The summed E-state index contributed by atoms with van der Waals surface area (Å²) in [6.45, 7) is 0. The molecular weight excluding hydrogens is 200 g/mol. The van der Waals surface area contributed by atoms with E-state index in [2.05, 4.69) is 0 Å². The minimum Gasteiger partial charge on any atom is -0.772 e. The predicted octanol–water partition coefficient (Wildman–Crippen LogP) is -0.569. The third kappa shape index (κ3) is 7.41. The van der Waals surface area contributed by atoms with E-state index in [-0.39, 0.29) is 0 Å². The van der Waals surface area contributed by atoms with Gasteiger partial charge in [0.2, 0.25) is 0 Å². The zero-order valence-electron chi connectivity index (χ0n) is 6.63. The second-order valence-electron chi connectivity index (χ2n) is 2.53. The maximum absolute atomic E-state index is 10.2. The lowest BCUT2D eigenvalue weighted by Crippen LogP contribution is -2.18. The van der Waals surface area contributed by atoms with Gasteiger partial charge in [0.25, 0.3) is 0 Å². The first-order chi connectivity index (χ1) is 5.91. The van der Waals surface area contributed by atoms with Gasteiger partial charge >= 0.3 is 11.9 Å². The Morgan fingerprint density at radius 2 is 1.62 bits per heavy atom. The van der Waals surface area contributed by atoms with Crippen LogP contribution in [0.1, 0.15) is 12.8 Å². The molecule has 0 aromatic carbocycles. The molecule has 0 saturated heterocycles. The zero-order chi connectivity index (χ0) is 10.4. The highest BCUT2D eigenvalue weighted by Crippen LogP contribution is 2.09. The number of hydrogen-bond acceptors (Lipinski definition) is 4. The van der Waals surface area contributed by atoms with Gasteiger partial charge in [-0.25, -0.2) is 0 Å². The Balaban J connectivity index is 4.10. The summed E-state index contributed by atoms with van der Waals surface area (Å²) in [4.78, 5) is 20.4. The second kappa shape index (κ2) is 5.65. The van der Waals surface area contributed by atoms with Crippen molar-refractivity contribution in [1.29, 1.82) is 0 Å². The van der Waals surface area contributed by atoms with E-state index in [0.29, 0.717) is 0 Å². The van der Waals surface area contributed by atoms with Crippen molar-refractivity contribution in [1.82, 2.24) is 0 Å². The number of hydrogen-bond donors (Lipinski definition) is 2. The first kappa shape index (κ1) is 12.0. The molecule has 76 valence electrons. The third-order valence-corrected chi connectivity index (χ3v) is 2.04. The first-order valence-corrected chi connectivity index (χ1v) is 4.65. The highest BCUT2D eigenvalue weighted by molar-refractivity contribution is 7.79. The number of rotatable bonds is 6. The number of carbonyl (C=O) groups is 2. The Morgan fingerprint density at radius 3 is 1.85 bits per heavy atom. The van der Waals surface area contributed by atoms with Crippen molar-refractivity contribution >= 4 is 23.0 Å². The van der Waals surface area contributed by atoms with Gasteiger partial charge in [0.1, 0.15) is 0 Å². The summed E-state index contributed by atoms with van der Waals surface area (Å²) >= 11 is -2.41. The standard InChI is InChI=1S/C6H10O6S/c7-5(8)1-4(2-6(9)10)3-13(11)12/h4H,1-3H2,(H,7,8)(H,9,10)(H,11,12)/p-1. The van der Waals surface area contributed by atoms with Gasteiger partial charge in [0.15, 0.2) is 0 Å². The molecule has 0 aliphatic heterocycles. The summed E-state index contributed by atoms with van der Waals surface area (Å²) < 4.78 is 20.4. The molecule has 13 heavy (non-hydrogen) atoms. The minimum atomic E-state index is -2.41. The molecule has 0 rings (SSSR count). The van der Waals surface area contributed by atoms with E-state index in [1.807, 2.05) is 0 Å². The van der Waals surface area contributed by atoms with E-state index in [9.17, 15) is 18.4 Å². The second-order valence-corrected chi connectivity index (χ2v) is 3.47. The van der Waals surface area contributed by atoms with Gasteiger partial charge in [-0.3, -0.25) is 13.8 Å². The maximum atomic E-state index is 10.2. The van der Waals surface area contributed by atoms with E-state index in [1.165, 1.54) is 0 Å². The van der Waals surface area contributed by atoms with E-state index in [0.717, 1.165) is 0 Å². The van der Waals surface area contributed by atoms with Crippen LogP contribution in [0.5, 0.6) is 0 Å². The van der Waals surface area contributed by atoms with E-state index in [1.54, 1.807) is 0 Å². The molecule has 0 aliphatic carbocycles. The smallest absolute Gasteiger partial charge is 0.303 e. The molecule has 1 atom stereocenters. The van der Waals surface area contributed by atoms with Gasteiger partial charge in [-0.2, -0.15) is 0 Å². The summed E-state index contributed by atoms with van der Waals surface area (Å²) in [6, 6.07) is 0. The molecule has 2 N–H and O–H groups in total. The highest BCUT2D eigenvalue weighted by Gasteiger charge is 2.16. The molecule has 0 radical (unpaired) electrons. The summed E-state index contributed by atoms with van der Waals surface area (Å²) in [6.07, 6.45) is -0.888. The third-order valence-electron chi connectivity index (χ3n) is 1.30. The Bertz CT molecular complexity index is 187. The fraction of sp³-hybridized carbons (Fsp3) is 0.667. The fourth-order valence-electron chi connectivity index (χ4n) is 0.876. The van der Waals surface area contributed by atoms with E-state index in [4.69, 9.17) is 10.2 Å². The quantitative estimate of drug-likeness (QED) is 0.566. The number of carboxylic acids is 2. The van der Waals surface area contributed by atoms with Crippen LogP contribution in [0.25, 0.3) is 0 Å². The van der Waals surface area contributed by atoms with Gasteiger partial charge < -0.3 is 14.8 Å².